The summed E-state index contributed by atoms with van der Waals surface area (Å²) in [5.74, 6) is 0. The molecule has 1 saturated carbocycles. The van der Waals surface area contributed by atoms with Gasteiger partial charge in [-0.2, -0.15) is 0 Å². The van der Waals surface area contributed by atoms with Gasteiger partial charge in [-0.1, -0.05) is 12.8 Å². The Morgan fingerprint density at radius 2 is 1.83 bits per heavy atom. The molecule has 1 aliphatic carbocycles. The van der Waals surface area contributed by atoms with Gasteiger partial charge in [-0.25, -0.2) is 0 Å². The minimum Gasteiger partial charge on any atom is -0.326 e. The van der Waals surface area contributed by atoms with Crippen molar-refractivity contribution >= 4 is 5.71 Å². The number of nitrogens with zero attached hydrogens (tertiary/aromatic N) is 1. The molecule has 1 fully saturated rings. The highest BCUT2D eigenvalue weighted by Crippen LogP contribution is 2.14. The fourth-order valence-electron chi connectivity index (χ4n) is 1.57. The smallest absolute Gasteiger partial charge is 0.0537 e. The van der Waals surface area contributed by atoms with E-state index < -0.39 is 0 Å². The Morgan fingerprint density at radius 3 is 2.33 bits per heavy atom. The van der Waals surface area contributed by atoms with Gasteiger partial charge in [0.1, 0.15) is 0 Å². The molecule has 0 radical (unpaired) electrons. The summed E-state index contributed by atoms with van der Waals surface area (Å²) in [7, 11) is 0. The van der Waals surface area contributed by atoms with E-state index in [1.165, 1.54) is 44.2 Å². The molecule has 12 heavy (non-hydrogen) atoms. The quantitative estimate of drug-likeness (QED) is 0.630. The topological polar surface area (TPSA) is 38.4 Å². The third kappa shape index (κ3) is 3.86. The lowest BCUT2D eigenvalue weighted by molar-refractivity contribution is 0.702. The lowest BCUT2D eigenvalue weighted by Gasteiger charge is -2.03. The predicted molar refractivity (Wildman–Crippen MR) is 53.7 cm³/mol. The minimum absolute atomic E-state index is 0.223. The van der Waals surface area contributed by atoms with Crippen molar-refractivity contribution in [3.63, 3.8) is 0 Å². The van der Waals surface area contributed by atoms with Crippen molar-refractivity contribution in [3.8, 4) is 0 Å². The van der Waals surface area contributed by atoms with Gasteiger partial charge in [0.2, 0.25) is 0 Å². The summed E-state index contributed by atoms with van der Waals surface area (Å²) >= 11 is 0. The summed E-state index contributed by atoms with van der Waals surface area (Å²) in [5, 5.41) is 0. The van der Waals surface area contributed by atoms with Crippen LogP contribution in [0.3, 0.4) is 0 Å². The second kappa shape index (κ2) is 5.31. The molecule has 0 heterocycles. The van der Waals surface area contributed by atoms with Crippen LogP contribution in [-0.4, -0.2) is 18.3 Å². The molecular formula is C10H20N2. The first-order valence-corrected chi connectivity index (χ1v) is 5.07. The first kappa shape index (κ1) is 9.72. The number of hydrogen-bond acceptors (Lipinski definition) is 2. The zero-order chi connectivity index (χ0) is 8.81. The van der Waals surface area contributed by atoms with E-state index in [1.807, 2.05) is 6.92 Å². The summed E-state index contributed by atoms with van der Waals surface area (Å²) in [6, 6.07) is 0.223. The number of nitrogens with two attached hydrogens (primary N) is 1. The summed E-state index contributed by atoms with van der Waals surface area (Å²) < 4.78 is 0. The molecule has 1 rings (SSSR count). The van der Waals surface area contributed by atoms with Gasteiger partial charge in [0.25, 0.3) is 0 Å². The minimum atomic E-state index is 0.223. The van der Waals surface area contributed by atoms with Gasteiger partial charge in [0.05, 0.1) is 6.54 Å². The normalized spacial score (nSPS) is 21.7. The Bertz CT molecular complexity index is 140. The number of aliphatic imine (C=N–C) groups is 1. The van der Waals surface area contributed by atoms with Gasteiger partial charge >= 0.3 is 0 Å². The maximum atomic E-state index is 5.64. The molecule has 2 N–H and O–H groups in total. The highest BCUT2D eigenvalue weighted by molar-refractivity contribution is 5.84. The lowest BCUT2D eigenvalue weighted by atomic mass is 10.2. The van der Waals surface area contributed by atoms with Crippen molar-refractivity contribution < 1.29 is 0 Å². The van der Waals surface area contributed by atoms with Crippen molar-refractivity contribution in [2.75, 3.05) is 6.54 Å². The average molecular weight is 168 g/mol. The van der Waals surface area contributed by atoms with Crippen LogP contribution in [0.5, 0.6) is 0 Å². The Morgan fingerprint density at radius 1 is 1.25 bits per heavy atom. The predicted octanol–water partition coefficient (Wildman–Crippen LogP) is 2.13. The second-order valence-electron chi connectivity index (χ2n) is 3.80. The molecule has 0 saturated heterocycles. The van der Waals surface area contributed by atoms with E-state index in [1.54, 1.807) is 0 Å². The molecule has 1 unspecified atom stereocenters. The van der Waals surface area contributed by atoms with Crippen molar-refractivity contribution in [1.29, 1.82) is 0 Å². The largest absolute Gasteiger partial charge is 0.326 e. The van der Waals surface area contributed by atoms with Gasteiger partial charge in [-0.05, 0) is 32.6 Å². The zero-order valence-electron chi connectivity index (χ0n) is 8.05. The fraction of sp³-hybridized carbons (Fsp3) is 0.900. The van der Waals surface area contributed by atoms with Crippen molar-refractivity contribution in [2.24, 2.45) is 10.7 Å². The summed E-state index contributed by atoms with van der Waals surface area (Å²) in [4.78, 5) is 4.53. The van der Waals surface area contributed by atoms with Crippen molar-refractivity contribution in [1.82, 2.24) is 0 Å². The van der Waals surface area contributed by atoms with Crippen molar-refractivity contribution in [2.45, 2.75) is 51.5 Å². The van der Waals surface area contributed by atoms with Crippen LogP contribution in [0.4, 0.5) is 0 Å². The van der Waals surface area contributed by atoms with E-state index in [2.05, 4.69) is 4.99 Å². The molecular weight excluding hydrogens is 148 g/mol. The van der Waals surface area contributed by atoms with Gasteiger partial charge in [0.15, 0.2) is 0 Å². The Kier molecular flexibility index (Phi) is 4.30. The number of rotatable bonds is 2. The van der Waals surface area contributed by atoms with Crippen LogP contribution >= 0.6 is 0 Å². The van der Waals surface area contributed by atoms with Crippen LogP contribution in [0.15, 0.2) is 4.99 Å². The van der Waals surface area contributed by atoms with Crippen LogP contribution in [0.2, 0.25) is 0 Å². The van der Waals surface area contributed by atoms with Crippen LogP contribution in [0.25, 0.3) is 0 Å². The highest BCUT2D eigenvalue weighted by atomic mass is 14.8. The molecule has 0 aliphatic heterocycles. The third-order valence-corrected chi connectivity index (χ3v) is 2.28. The van der Waals surface area contributed by atoms with E-state index in [0.29, 0.717) is 0 Å². The summed E-state index contributed by atoms with van der Waals surface area (Å²) in [6.07, 6.45) is 7.86. The SMILES string of the molecule is CC(N)CN=C1CCCCCC1. The first-order valence-electron chi connectivity index (χ1n) is 5.07. The average Bonchev–Trinajstić information content (AvgIpc) is 2.28. The zero-order valence-corrected chi connectivity index (χ0v) is 8.05. The number of hydrogen-bond donors (Lipinski definition) is 1. The van der Waals surface area contributed by atoms with Crippen LogP contribution in [-0.2, 0) is 0 Å². The lowest BCUT2D eigenvalue weighted by Crippen LogP contribution is -2.19. The molecule has 2 heteroatoms. The van der Waals surface area contributed by atoms with Crippen LogP contribution in [0, 0.1) is 0 Å². The Labute approximate surface area is 75.3 Å². The summed E-state index contributed by atoms with van der Waals surface area (Å²) in [6.45, 7) is 2.83. The van der Waals surface area contributed by atoms with Crippen LogP contribution in [0.1, 0.15) is 45.4 Å². The standard InChI is InChI=1S/C10H20N2/c1-9(11)8-12-10-6-4-2-3-5-7-10/h9H,2-8,11H2,1H3. The van der Waals surface area contributed by atoms with Gasteiger partial charge in [0, 0.05) is 11.8 Å². The van der Waals surface area contributed by atoms with E-state index in [-0.39, 0.29) is 6.04 Å². The molecule has 0 aromatic carbocycles. The van der Waals surface area contributed by atoms with E-state index in [4.69, 9.17) is 5.73 Å². The summed E-state index contributed by atoms with van der Waals surface area (Å²) in [5.41, 5.74) is 7.05. The molecule has 0 amide bonds. The third-order valence-electron chi connectivity index (χ3n) is 2.28. The highest BCUT2D eigenvalue weighted by Gasteiger charge is 2.04. The molecule has 2 nitrogen and oxygen atoms in total. The van der Waals surface area contributed by atoms with Crippen molar-refractivity contribution in [3.05, 3.63) is 0 Å². The fourth-order valence-corrected chi connectivity index (χ4v) is 1.57. The van der Waals surface area contributed by atoms with E-state index >= 15 is 0 Å². The molecule has 70 valence electrons. The molecule has 0 aromatic rings. The Balaban J connectivity index is 2.32. The Hall–Kier alpha value is -0.370. The molecule has 1 atom stereocenters. The van der Waals surface area contributed by atoms with Gasteiger partial charge in [-0.3, -0.25) is 4.99 Å². The molecule has 0 spiro atoms. The second-order valence-corrected chi connectivity index (χ2v) is 3.80. The van der Waals surface area contributed by atoms with E-state index in [0.717, 1.165) is 6.54 Å². The van der Waals surface area contributed by atoms with Gasteiger partial charge in [-0.15, -0.1) is 0 Å². The van der Waals surface area contributed by atoms with Crippen LogP contribution < -0.4 is 5.73 Å². The first-order chi connectivity index (χ1) is 5.79. The molecule has 0 aromatic heterocycles. The van der Waals surface area contributed by atoms with Gasteiger partial charge < -0.3 is 5.73 Å². The molecule has 0 bridgehead atoms. The maximum absolute atomic E-state index is 5.64. The maximum Gasteiger partial charge on any atom is 0.0537 e. The molecule has 1 aliphatic rings. The monoisotopic (exact) mass is 168 g/mol. The van der Waals surface area contributed by atoms with E-state index in [9.17, 15) is 0 Å².